The Hall–Kier alpha value is -0.815. The van der Waals surface area contributed by atoms with Crippen LogP contribution in [-0.2, 0) is 4.74 Å². The number of nitrogens with one attached hydrogen (secondary N) is 1. The van der Waals surface area contributed by atoms with Gasteiger partial charge in [-0.1, -0.05) is 21.3 Å². The molecule has 6 nitrogen and oxygen atoms in total. The molecular weight excluding hydrogens is 346 g/mol. The van der Waals surface area contributed by atoms with Crippen LogP contribution in [0, 0.1) is 15.5 Å². The molecule has 24 heavy (non-hydrogen) atoms. The Morgan fingerprint density at radius 2 is 2.38 bits per heavy atom. The first-order valence-electron chi connectivity index (χ1n) is 8.12. The van der Waals surface area contributed by atoms with E-state index in [0.717, 1.165) is 11.3 Å². The van der Waals surface area contributed by atoms with E-state index in [1.807, 2.05) is 13.8 Å². The van der Waals surface area contributed by atoms with Crippen LogP contribution in [0.5, 0.6) is 0 Å². The van der Waals surface area contributed by atoms with E-state index in [1.54, 1.807) is 19.2 Å². The van der Waals surface area contributed by atoms with Crippen LogP contribution in [0.2, 0.25) is 0 Å². The molecule has 1 aliphatic rings. The molecule has 0 bridgehead atoms. The van der Waals surface area contributed by atoms with Crippen molar-refractivity contribution in [1.29, 1.82) is 2.77 Å². The van der Waals surface area contributed by atoms with Crippen LogP contribution in [0.1, 0.15) is 39.4 Å². The van der Waals surface area contributed by atoms with Crippen LogP contribution >= 0.6 is 21.6 Å². The van der Waals surface area contributed by atoms with Crippen LogP contribution in [0.3, 0.4) is 0 Å². The van der Waals surface area contributed by atoms with Crippen LogP contribution in [0.4, 0.5) is 11.4 Å². The number of nitro benzene ring substituents is 1. The van der Waals surface area contributed by atoms with E-state index in [1.165, 1.54) is 6.07 Å². The minimum absolute atomic E-state index is 0. The maximum atomic E-state index is 10.9. The molecule has 136 valence electrons. The van der Waals surface area contributed by atoms with Crippen LogP contribution < -0.4 is 5.32 Å². The molecule has 0 radical (unpaired) electrons. The average Bonchev–Trinajstić information content (AvgIpc) is 2.52. The highest BCUT2D eigenvalue weighted by Crippen LogP contribution is 2.41. The van der Waals surface area contributed by atoms with Gasteiger partial charge in [-0.3, -0.25) is 10.1 Å². The molecule has 1 heterocycles. The molecule has 1 aliphatic heterocycles. The topological polar surface area (TPSA) is 84.6 Å². The second-order valence-corrected chi connectivity index (χ2v) is 7.16. The average molecular weight is 377 g/mol. The Kier molecular flexibility index (Phi) is 8.32. The van der Waals surface area contributed by atoms with Gasteiger partial charge in [0.15, 0.2) is 0 Å². The van der Waals surface area contributed by atoms with Gasteiger partial charge < -0.3 is 15.2 Å². The van der Waals surface area contributed by atoms with Gasteiger partial charge in [-0.2, -0.15) is 9.12 Å². The molecule has 1 aromatic carbocycles. The normalized spacial score (nSPS) is 20.0. The van der Waals surface area contributed by atoms with Gasteiger partial charge >= 0.3 is 0 Å². The van der Waals surface area contributed by atoms with Gasteiger partial charge in [0.25, 0.3) is 5.69 Å². The molecule has 1 aromatic rings. The molecule has 0 fully saturated rings. The summed E-state index contributed by atoms with van der Waals surface area (Å²) in [6.07, 6.45) is 0.150. The summed E-state index contributed by atoms with van der Waals surface area (Å²) in [6.45, 7) is 4.33. The van der Waals surface area contributed by atoms with Crippen molar-refractivity contribution in [2.45, 2.75) is 39.8 Å². The summed E-state index contributed by atoms with van der Waals surface area (Å²) < 4.78 is 18.9. The number of nitro groups is 1. The number of hydrogen-bond donors (Lipinski definition) is 3. The number of benzene rings is 1. The van der Waals surface area contributed by atoms with Gasteiger partial charge in [-0.05, 0) is 13.8 Å². The zero-order chi connectivity index (χ0) is 19.2. The fourth-order valence-electron chi connectivity index (χ4n) is 2.49. The van der Waals surface area contributed by atoms with Gasteiger partial charge in [0.2, 0.25) is 7.67 Å². The molecule has 9 heteroatoms. The Balaban J connectivity index is 0.00000113. The first-order valence-corrected chi connectivity index (χ1v) is 8.32. The number of hydrogen-bond acceptors (Lipinski definition) is 6. The highest BCUT2D eigenvalue weighted by Gasteiger charge is 2.36. The van der Waals surface area contributed by atoms with Gasteiger partial charge in [0, 0.05) is 42.0 Å². The number of non-ortho nitro benzene ring substituents is 1. The monoisotopic (exact) mass is 377 g/mol. The Bertz CT molecular complexity index is 596. The zero-order valence-electron chi connectivity index (χ0n) is 15.5. The van der Waals surface area contributed by atoms with E-state index >= 15 is 0 Å². The molecular formula is C15H28BN2O4PS. The Morgan fingerprint density at radius 3 is 2.88 bits per heavy atom. The number of nitrogens with zero attached hydrogens (tertiary/aromatic N) is 1. The molecule has 0 spiro atoms. The fourth-order valence-corrected chi connectivity index (χ4v) is 2.49. The molecule has 3 unspecified atom stereocenters. The minimum Gasteiger partial charge on any atom is -0.396 e. The highest BCUT2D eigenvalue weighted by molar-refractivity contribution is 8.20. The summed E-state index contributed by atoms with van der Waals surface area (Å²) in [5, 5.41) is 18.8. The summed E-state index contributed by atoms with van der Waals surface area (Å²) in [5.74, 6) is 0. The first-order chi connectivity index (χ1) is 11.6. The third-order valence-corrected chi connectivity index (χ3v) is 3.97. The molecule has 0 aliphatic carbocycles. The predicted molar refractivity (Wildman–Crippen MR) is 108 cm³/mol. The fraction of sp³-hybridized carbons (Fsp3) is 0.600. The van der Waals surface area contributed by atoms with Crippen molar-refractivity contribution < 1.29 is 14.8 Å². The van der Waals surface area contributed by atoms with Crippen LogP contribution in [0.15, 0.2) is 18.2 Å². The van der Waals surface area contributed by atoms with Crippen LogP contribution in [0.25, 0.3) is 0 Å². The highest BCUT2D eigenvalue weighted by atomic mass is 32.1. The number of anilines is 1. The smallest absolute Gasteiger partial charge is 0.269 e. The van der Waals surface area contributed by atoms with Gasteiger partial charge in [-0.25, -0.2) is 12.5 Å². The predicted octanol–water partition coefficient (Wildman–Crippen LogP) is 3.18. The molecule has 0 saturated carbocycles. The maximum Gasteiger partial charge on any atom is 0.269 e. The quantitative estimate of drug-likeness (QED) is 0.241. The number of thiol groups is 1. The van der Waals surface area contributed by atoms with Gasteiger partial charge in [0.1, 0.15) is 0 Å². The van der Waals surface area contributed by atoms with Crippen molar-refractivity contribution in [1.82, 2.24) is 0 Å². The van der Waals surface area contributed by atoms with E-state index in [-0.39, 0.29) is 36.9 Å². The number of rotatable bonds is 5. The molecule has 0 amide bonds. The lowest BCUT2D eigenvalue weighted by Gasteiger charge is -2.40. The van der Waals surface area contributed by atoms with Crippen molar-refractivity contribution in [3.05, 3.63) is 33.9 Å². The Morgan fingerprint density at radius 1 is 1.75 bits per heavy atom. The molecule has 3 atom stereocenters. The van der Waals surface area contributed by atoms with Crippen molar-refractivity contribution in [3.8, 4) is 0 Å². The van der Waals surface area contributed by atoms with E-state index < -0.39 is 4.92 Å². The molecule has 2 rings (SSSR count). The van der Waals surface area contributed by atoms with Crippen molar-refractivity contribution in [2.24, 2.45) is 5.41 Å². The van der Waals surface area contributed by atoms with Crippen molar-refractivity contribution >= 4 is 39.2 Å². The van der Waals surface area contributed by atoms with E-state index in [0.29, 0.717) is 13.0 Å². The zero-order valence-corrected chi connectivity index (χ0v) is 15.5. The van der Waals surface area contributed by atoms with Gasteiger partial charge in [0.05, 0.1) is 17.6 Å². The summed E-state index contributed by atoms with van der Waals surface area (Å²) in [7, 11) is 3.79. The Labute approximate surface area is 155 Å². The lowest BCUT2D eigenvalue weighted by Crippen LogP contribution is -2.42. The summed E-state index contributed by atoms with van der Waals surface area (Å²) in [4.78, 5) is 10.5. The largest absolute Gasteiger partial charge is 0.396 e. The minimum atomic E-state index is -0.406. The van der Waals surface area contributed by atoms with E-state index in [2.05, 4.69) is 32.0 Å². The van der Waals surface area contributed by atoms with E-state index in [4.69, 9.17) is 7.50 Å². The number of aliphatic hydroxyl groups is 1. The number of methoxy groups -OCH3 is 1. The third-order valence-electron chi connectivity index (χ3n) is 3.97. The third kappa shape index (κ3) is 5.62. The van der Waals surface area contributed by atoms with Gasteiger partial charge in [-0.15, -0.1) is 0 Å². The summed E-state index contributed by atoms with van der Waals surface area (Å²) in [5.41, 5.74) is 1.44. The summed E-state index contributed by atoms with van der Waals surface area (Å²) >= 11 is 3.60. The lowest BCUT2D eigenvalue weighted by molar-refractivity contribution is -0.385. The SMILES string of the molecule is C.[2H]B(P)S.[3H]OCC(C)(C)C1CC(OC)c2cc([N+](=O)[O-])ccc2N1. The van der Waals surface area contributed by atoms with Crippen molar-refractivity contribution in [2.75, 3.05) is 19.0 Å². The summed E-state index contributed by atoms with van der Waals surface area (Å²) in [6, 6.07) is 4.81. The lowest BCUT2D eigenvalue weighted by atomic mass is 9.78. The second kappa shape index (κ2) is 10.2. The molecule has 2 N–H and O–H groups in total. The number of ether oxygens (including phenoxy) is 1. The molecule has 0 saturated heterocycles. The van der Waals surface area contributed by atoms with Crippen LogP contribution in [-0.4, -0.2) is 38.8 Å². The van der Waals surface area contributed by atoms with E-state index in [9.17, 15) is 10.1 Å². The maximum absolute atomic E-state index is 10.9. The number of fused-ring (bicyclic) bond motifs is 1. The first kappa shape index (κ1) is 19.5. The second-order valence-electron chi connectivity index (χ2n) is 5.97. The number of aliphatic hydroxyl groups excluding tert-OH is 1. The van der Waals surface area contributed by atoms with Crippen molar-refractivity contribution in [3.63, 3.8) is 0 Å². The standard InChI is InChI=1S/C14H20N2O4.CH4.BH4PS/c1-14(2,8-17)13-7-12(20-3)10-6-9(16(18)19)4-5-11(10)15-13;;2-1-3/h4-6,12-13,15,17H,7-8H2,1-3H3;1H4;1,3H,2H2/i17T;;1D. The molecule has 0 aromatic heterocycles.